The number of nitrogens with zero attached hydrogens (tertiary/aromatic N) is 5. The molecule has 0 aliphatic rings. The van der Waals surface area contributed by atoms with Crippen LogP contribution in [-0.2, 0) is 13.1 Å². The van der Waals surface area contributed by atoms with Crippen LogP contribution in [0.4, 0.5) is 21.5 Å². The number of nitrogens with one attached hydrogen (secondary N) is 2. The summed E-state index contributed by atoms with van der Waals surface area (Å²) in [5.41, 5.74) is 4.52. The summed E-state index contributed by atoms with van der Waals surface area (Å²) >= 11 is 12.5. The number of hydrogen-bond donors (Lipinski definition) is 2. The van der Waals surface area contributed by atoms with E-state index in [1.165, 1.54) is 18.3 Å². The molecule has 0 aliphatic heterocycles. The first-order valence-corrected chi connectivity index (χ1v) is 11.6. The summed E-state index contributed by atoms with van der Waals surface area (Å²) in [6.45, 7) is 1.14. The molecule has 0 bridgehead atoms. The molecule has 3 aromatic heterocycles. The molecule has 0 unspecified atom stereocenters. The number of nitriles is 1. The minimum absolute atomic E-state index is 0.0276. The van der Waals surface area contributed by atoms with Gasteiger partial charge >= 0.3 is 0 Å². The molecule has 0 fully saturated rings. The predicted molar refractivity (Wildman–Crippen MR) is 139 cm³/mol. The van der Waals surface area contributed by atoms with E-state index < -0.39 is 5.82 Å². The third-order valence-electron chi connectivity index (χ3n) is 5.48. The molecule has 5 aromatic rings. The topological polar surface area (TPSA) is 91.5 Å². The second-order valence-electron chi connectivity index (χ2n) is 8.02. The molecule has 2 aromatic carbocycles. The Bertz CT molecular complexity index is 1600. The number of benzene rings is 2. The van der Waals surface area contributed by atoms with Crippen LogP contribution in [0.15, 0.2) is 73.6 Å². The minimum Gasteiger partial charge on any atom is -0.379 e. The van der Waals surface area contributed by atoms with Gasteiger partial charge in [-0.2, -0.15) is 5.26 Å². The molecule has 36 heavy (non-hydrogen) atoms. The predicted octanol–water partition coefficient (Wildman–Crippen LogP) is 6.55. The molecular weight excluding hydrogens is 500 g/mol. The standard InChI is InChI=1S/C26H18Cl2FN7/c27-22-7-18(3-4-24(22)29)35-25-17(9-30)11-33-26-21(25)6-19(8-23(26)28)32-12-20-14-36(15-34-20)13-16-2-1-5-31-10-16/h1-8,10-11,14-15,32H,12-13H2,(H,33,35). The van der Waals surface area contributed by atoms with Gasteiger partial charge < -0.3 is 15.2 Å². The largest absolute Gasteiger partial charge is 0.379 e. The Hall–Kier alpha value is -4.19. The van der Waals surface area contributed by atoms with Gasteiger partial charge in [-0.05, 0) is 42.0 Å². The molecule has 0 spiro atoms. The van der Waals surface area contributed by atoms with Crippen molar-refractivity contribution in [2.24, 2.45) is 0 Å². The van der Waals surface area contributed by atoms with E-state index in [2.05, 4.69) is 31.7 Å². The van der Waals surface area contributed by atoms with E-state index in [0.29, 0.717) is 46.0 Å². The van der Waals surface area contributed by atoms with Crippen LogP contribution in [0.1, 0.15) is 16.8 Å². The lowest BCUT2D eigenvalue weighted by molar-refractivity contribution is 0.628. The van der Waals surface area contributed by atoms with Gasteiger partial charge in [0.1, 0.15) is 11.9 Å². The van der Waals surface area contributed by atoms with Gasteiger partial charge in [-0.25, -0.2) is 9.37 Å². The zero-order chi connectivity index (χ0) is 25.1. The summed E-state index contributed by atoms with van der Waals surface area (Å²) in [5.74, 6) is -0.528. The number of anilines is 3. The van der Waals surface area contributed by atoms with Gasteiger partial charge in [0.25, 0.3) is 0 Å². The molecule has 10 heteroatoms. The first-order valence-electron chi connectivity index (χ1n) is 10.9. The smallest absolute Gasteiger partial charge is 0.141 e. The molecule has 3 heterocycles. The average Bonchev–Trinajstić information content (AvgIpc) is 3.33. The molecule has 0 aliphatic carbocycles. The maximum atomic E-state index is 13.6. The number of rotatable bonds is 7. The van der Waals surface area contributed by atoms with Crippen molar-refractivity contribution in [3.8, 4) is 6.07 Å². The third kappa shape index (κ3) is 5.08. The summed E-state index contributed by atoms with van der Waals surface area (Å²) in [6.07, 6.45) is 8.75. The molecule has 7 nitrogen and oxygen atoms in total. The zero-order valence-corrected chi connectivity index (χ0v) is 20.2. The summed E-state index contributed by atoms with van der Waals surface area (Å²) in [6, 6.07) is 13.9. The van der Waals surface area contributed by atoms with Crippen molar-refractivity contribution in [1.29, 1.82) is 5.26 Å². The highest BCUT2D eigenvalue weighted by molar-refractivity contribution is 6.36. The van der Waals surface area contributed by atoms with Crippen molar-refractivity contribution in [2.45, 2.75) is 13.1 Å². The fourth-order valence-corrected chi connectivity index (χ4v) is 4.23. The second kappa shape index (κ2) is 10.2. The lowest BCUT2D eigenvalue weighted by Crippen LogP contribution is -2.02. The molecule has 0 amide bonds. The first-order chi connectivity index (χ1) is 17.5. The van der Waals surface area contributed by atoms with Gasteiger partial charge in [-0.3, -0.25) is 9.97 Å². The Morgan fingerprint density at radius 1 is 1.03 bits per heavy atom. The molecular formula is C26H18Cl2FN7. The van der Waals surface area contributed by atoms with Crippen molar-refractivity contribution in [1.82, 2.24) is 19.5 Å². The highest BCUT2D eigenvalue weighted by Crippen LogP contribution is 2.35. The van der Waals surface area contributed by atoms with E-state index in [1.54, 1.807) is 24.7 Å². The Balaban J connectivity index is 1.41. The highest BCUT2D eigenvalue weighted by atomic mass is 35.5. The Morgan fingerprint density at radius 2 is 1.89 bits per heavy atom. The van der Waals surface area contributed by atoms with Gasteiger partial charge in [0, 0.05) is 41.5 Å². The van der Waals surface area contributed by atoms with Crippen molar-refractivity contribution in [3.63, 3.8) is 0 Å². The Labute approximate surface area is 216 Å². The quantitative estimate of drug-likeness (QED) is 0.254. The number of aromatic nitrogens is 4. The maximum Gasteiger partial charge on any atom is 0.141 e. The second-order valence-corrected chi connectivity index (χ2v) is 8.83. The van der Waals surface area contributed by atoms with Crippen molar-refractivity contribution >= 4 is 51.2 Å². The Kier molecular flexibility index (Phi) is 6.67. The average molecular weight is 518 g/mol. The van der Waals surface area contributed by atoms with Crippen molar-refractivity contribution in [2.75, 3.05) is 10.6 Å². The molecule has 0 radical (unpaired) electrons. The lowest BCUT2D eigenvalue weighted by Gasteiger charge is -2.14. The molecule has 0 saturated carbocycles. The SMILES string of the molecule is N#Cc1cnc2c(Cl)cc(NCc3cn(Cc4cccnc4)cn3)cc2c1Nc1ccc(F)c(Cl)c1. The van der Waals surface area contributed by atoms with Crippen LogP contribution >= 0.6 is 23.2 Å². The van der Waals surface area contributed by atoms with E-state index >= 15 is 0 Å². The van der Waals surface area contributed by atoms with Crippen LogP contribution in [-0.4, -0.2) is 19.5 Å². The fraction of sp³-hybridized carbons (Fsp3) is 0.0769. The third-order valence-corrected chi connectivity index (χ3v) is 6.06. The first kappa shape index (κ1) is 23.5. The maximum absolute atomic E-state index is 13.6. The van der Waals surface area contributed by atoms with Gasteiger partial charge in [-0.1, -0.05) is 29.3 Å². The summed E-state index contributed by atoms with van der Waals surface area (Å²) in [7, 11) is 0. The van der Waals surface area contributed by atoms with Crippen molar-refractivity contribution < 1.29 is 4.39 Å². The summed E-state index contributed by atoms with van der Waals surface area (Å²) in [5, 5.41) is 17.2. The van der Waals surface area contributed by atoms with Gasteiger partial charge in [0.15, 0.2) is 0 Å². The fourth-order valence-electron chi connectivity index (χ4n) is 3.78. The number of halogens is 3. The van der Waals surface area contributed by atoms with Crippen LogP contribution in [0.2, 0.25) is 10.0 Å². The van der Waals surface area contributed by atoms with Gasteiger partial charge in [0.2, 0.25) is 0 Å². The zero-order valence-electron chi connectivity index (χ0n) is 18.7. The summed E-state index contributed by atoms with van der Waals surface area (Å²) in [4.78, 5) is 13.0. The molecule has 178 valence electrons. The molecule has 5 rings (SSSR count). The van der Waals surface area contributed by atoms with Crippen LogP contribution in [0.25, 0.3) is 10.9 Å². The van der Waals surface area contributed by atoms with Crippen LogP contribution in [0, 0.1) is 17.1 Å². The van der Waals surface area contributed by atoms with E-state index in [9.17, 15) is 9.65 Å². The van der Waals surface area contributed by atoms with E-state index in [4.69, 9.17) is 23.2 Å². The van der Waals surface area contributed by atoms with E-state index in [1.807, 2.05) is 35.2 Å². The number of fused-ring (bicyclic) bond motifs is 1. The number of imidazole rings is 1. The van der Waals surface area contributed by atoms with Crippen LogP contribution in [0.3, 0.4) is 0 Å². The molecule has 0 atom stereocenters. The normalized spacial score (nSPS) is 10.8. The monoisotopic (exact) mass is 517 g/mol. The number of hydrogen-bond acceptors (Lipinski definition) is 6. The molecule has 2 N–H and O–H groups in total. The van der Waals surface area contributed by atoms with E-state index in [0.717, 1.165) is 16.9 Å². The van der Waals surface area contributed by atoms with Crippen molar-refractivity contribution in [3.05, 3.63) is 106 Å². The Morgan fingerprint density at radius 3 is 2.67 bits per heavy atom. The molecule has 0 saturated heterocycles. The highest BCUT2D eigenvalue weighted by Gasteiger charge is 2.14. The van der Waals surface area contributed by atoms with Crippen LogP contribution < -0.4 is 10.6 Å². The van der Waals surface area contributed by atoms with Gasteiger partial charge in [-0.15, -0.1) is 0 Å². The van der Waals surface area contributed by atoms with Crippen LogP contribution in [0.5, 0.6) is 0 Å². The van der Waals surface area contributed by atoms with Gasteiger partial charge in [0.05, 0.1) is 51.9 Å². The number of pyridine rings is 2. The minimum atomic E-state index is -0.528. The summed E-state index contributed by atoms with van der Waals surface area (Å²) < 4.78 is 15.6. The van der Waals surface area contributed by atoms with E-state index in [-0.39, 0.29) is 5.02 Å². The lowest BCUT2D eigenvalue weighted by atomic mass is 10.1.